The topological polar surface area (TPSA) is 6.48 Å². The van der Waals surface area contributed by atoms with E-state index in [-0.39, 0.29) is 0 Å². The highest BCUT2D eigenvalue weighted by molar-refractivity contribution is 5.20. The van der Waals surface area contributed by atoms with Crippen LogP contribution >= 0.6 is 0 Å². The minimum atomic E-state index is 1.13. The van der Waals surface area contributed by atoms with Crippen LogP contribution in [0.25, 0.3) is 0 Å². The van der Waals surface area contributed by atoms with Crippen LogP contribution in [0.15, 0.2) is 37.1 Å². The van der Waals surface area contributed by atoms with Gasteiger partial charge in [-0.05, 0) is 27.0 Å². The molecule has 1 aliphatic rings. The van der Waals surface area contributed by atoms with Crippen LogP contribution in [0.3, 0.4) is 0 Å². The van der Waals surface area contributed by atoms with Gasteiger partial charge in [0, 0.05) is 31.9 Å². The Morgan fingerprint density at radius 1 is 0.895 bits per heavy atom. The van der Waals surface area contributed by atoms with Crippen molar-refractivity contribution in [2.45, 2.75) is 41.5 Å². The van der Waals surface area contributed by atoms with Gasteiger partial charge in [0.05, 0.1) is 0 Å². The maximum absolute atomic E-state index is 3.86. The summed E-state index contributed by atoms with van der Waals surface area (Å²) in [6.45, 7) is 26.7. The lowest BCUT2D eigenvalue weighted by atomic mass is 10.2. The Hall–Kier alpha value is -1.02. The predicted octanol–water partition coefficient (Wildman–Crippen LogP) is 4.57. The van der Waals surface area contributed by atoms with Crippen LogP contribution < -0.4 is 0 Å². The van der Waals surface area contributed by atoms with Crippen molar-refractivity contribution in [1.29, 1.82) is 0 Å². The lowest BCUT2D eigenvalue weighted by Gasteiger charge is -2.35. The summed E-state index contributed by atoms with van der Waals surface area (Å²) < 4.78 is 0. The largest absolute Gasteiger partial charge is 0.369 e. The van der Waals surface area contributed by atoms with E-state index >= 15 is 0 Å². The van der Waals surface area contributed by atoms with Crippen LogP contribution in [-0.4, -0.2) is 43.0 Å². The first-order valence-electron chi connectivity index (χ1n) is 7.38. The molecule has 1 saturated heterocycles. The smallest absolute Gasteiger partial charge is 0.0347 e. The van der Waals surface area contributed by atoms with Crippen LogP contribution in [0.2, 0.25) is 0 Å². The van der Waals surface area contributed by atoms with Gasteiger partial charge < -0.3 is 9.80 Å². The lowest BCUT2D eigenvalue weighted by molar-refractivity contribution is 0.189. The SMILES string of the molecule is C=C.C=CC(=C(C)C)N1CCN(C)CC1.CC.CC. The van der Waals surface area contributed by atoms with Crippen LogP contribution in [0.1, 0.15) is 41.5 Å². The summed E-state index contributed by atoms with van der Waals surface area (Å²) in [5.41, 5.74) is 2.67. The molecule has 19 heavy (non-hydrogen) atoms. The van der Waals surface area contributed by atoms with Gasteiger partial charge in [0.15, 0.2) is 0 Å². The van der Waals surface area contributed by atoms with Gasteiger partial charge in [0.25, 0.3) is 0 Å². The van der Waals surface area contributed by atoms with Crippen molar-refractivity contribution in [3.63, 3.8) is 0 Å². The van der Waals surface area contributed by atoms with Crippen molar-refractivity contribution >= 4 is 0 Å². The number of hydrogen-bond acceptors (Lipinski definition) is 2. The molecule has 1 rings (SSSR count). The molecule has 2 heteroatoms. The summed E-state index contributed by atoms with van der Waals surface area (Å²) in [6.07, 6.45) is 1.97. The molecule has 1 fully saturated rings. The van der Waals surface area contributed by atoms with Gasteiger partial charge in [0.1, 0.15) is 0 Å². The zero-order chi connectivity index (χ0) is 15.8. The first-order valence-corrected chi connectivity index (χ1v) is 7.38. The van der Waals surface area contributed by atoms with E-state index in [4.69, 9.17) is 0 Å². The zero-order valence-electron chi connectivity index (χ0n) is 14.4. The lowest BCUT2D eigenvalue weighted by Crippen LogP contribution is -2.43. The molecular formula is C17H36N2. The van der Waals surface area contributed by atoms with Crippen molar-refractivity contribution in [2.24, 2.45) is 0 Å². The average Bonchev–Trinajstić information content (AvgIpc) is 2.48. The number of nitrogens with zero attached hydrogens (tertiary/aromatic N) is 2. The Bertz CT molecular complexity index is 219. The second kappa shape index (κ2) is 17.0. The number of allylic oxidation sites excluding steroid dienone is 2. The Balaban J connectivity index is -0.000000375. The summed E-state index contributed by atoms with van der Waals surface area (Å²) in [4.78, 5) is 4.78. The highest BCUT2D eigenvalue weighted by Crippen LogP contribution is 2.13. The fourth-order valence-corrected chi connectivity index (χ4v) is 1.70. The van der Waals surface area contributed by atoms with E-state index in [1.165, 1.54) is 11.3 Å². The molecule has 0 saturated carbocycles. The molecular weight excluding hydrogens is 232 g/mol. The van der Waals surface area contributed by atoms with Gasteiger partial charge in [0.2, 0.25) is 0 Å². The predicted molar refractivity (Wildman–Crippen MR) is 91.6 cm³/mol. The molecule has 0 unspecified atom stereocenters. The maximum atomic E-state index is 3.86. The number of rotatable bonds is 2. The summed E-state index contributed by atoms with van der Waals surface area (Å²) in [7, 11) is 2.17. The quantitative estimate of drug-likeness (QED) is 0.535. The van der Waals surface area contributed by atoms with Crippen molar-refractivity contribution in [3.05, 3.63) is 37.1 Å². The van der Waals surface area contributed by atoms with Gasteiger partial charge in [-0.15, -0.1) is 13.2 Å². The summed E-state index contributed by atoms with van der Waals surface area (Å²) in [5, 5.41) is 0. The van der Waals surface area contributed by atoms with E-state index in [9.17, 15) is 0 Å². The molecule has 0 N–H and O–H groups in total. The highest BCUT2D eigenvalue weighted by Gasteiger charge is 2.14. The van der Waals surface area contributed by atoms with E-state index < -0.39 is 0 Å². The average molecular weight is 268 g/mol. The fourth-order valence-electron chi connectivity index (χ4n) is 1.70. The second-order valence-electron chi connectivity index (χ2n) is 3.88. The normalized spacial score (nSPS) is 13.5. The molecule has 2 nitrogen and oxygen atoms in total. The third kappa shape index (κ3) is 10.6. The molecule has 0 radical (unpaired) electrons. The molecule has 0 atom stereocenters. The Labute approximate surface area is 122 Å². The van der Waals surface area contributed by atoms with Crippen LogP contribution in [0, 0.1) is 0 Å². The van der Waals surface area contributed by atoms with Crippen molar-refractivity contribution in [1.82, 2.24) is 9.80 Å². The standard InChI is InChI=1S/C11H20N2.2C2H6.C2H4/c1-5-11(10(2)3)13-8-6-12(4)7-9-13;3*1-2/h5H,1,6-9H2,2-4H3;2*1-2H3;1-2H2. The molecule has 1 aliphatic heterocycles. The van der Waals surface area contributed by atoms with E-state index in [0.717, 1.165) is 26.2 Å². The summed E-state index contributed by atoms with van der Waals surface area (Å²) in [5.74, 6) is 0. The van der Waals surface area contributed by atoms with E-state index in [2.05, 4.69) is 50.4 Å². The van der Waals surface area contributed by atoms with Gasteiger partial charge >= 0.3 is 0 Å². The second-order valence-corrected chi connectivity index (χ2v) is 3.88. The molecule has 0 aromatic rings. The van der Waals surface area contributed by atoms with E-state index in [0.29, 0.717) is 0 Å². The fraction of sp³-hybridized carbons (Fsp3) is 0.647. The van der Waals surface area contributed by atoms with Crippen molar-refractivity contribution in [2.75, 3.05) is 33.2 Å². The maximum Gasteiger partial charge on any atom is 0.0347 e. The monoisotopic (exact) mass is 268 g/mol. The zero-order valence-corrected chi connectivity index (χ0v) is 14.4. The van der Waals surface area contributed by atoms with Crippen molar-refractivity contribution in [3.8, 4) is 0 Å². The molecule has 0 aromatic carbocycles. The molecule has 0 aromatic heterocycles. The first-order chi connectivity index (χ1) is 9.15. The third-order valence-electron chi connectivity index (χ3n) is 2.55. The number of hydrogen-bond donors (Lipinski definition) is 0. The molecule has 0 spiro atoms. The van der Waals surface area contributed by atoms with Gasteiger partial charge in [-0.25, -0.2) is 0 Å². The Morgan fingerprint density at radius 3 is 1.53 bits per heavy atom. The van der Waals surface area contributed by atoms with Gasteiger partial charge in [-0.2, -0.15) is 0 Å². The molecule has 0 amide bonds. The van der Waals surface area contributed by atoms with Gasteiger partial charge in [-0.3, -0.25) is 0 Å². The number of piperazine rings is 1. The molecule has 1 heterocycles. The van der Waals surface area contributed by atoms with Crippen LogP contribution in [0.4, 0.5) is 0 Å². The highest BCUT2D eigenvalue weighted by atomic mass is 15.2. The van der Waals surface area contributed by atoms with E-state index in [1.807, 2.05) is 33.8 Å². The number of likely N-dealkylation sites (N-methyl/N-ethyl adjacent to an activating group) is 1. The molecule has 114 valence electrons. The van der Waals surface area contributed by atoms with E-state index in [1.54, 1.807) is 0 Å². The van der Waals surface area contributed by atoms with Crippen LogP contribution in [0.5, 0.6) is 0 Å². The first kappa shape index (κ1) is 23.1. The van der Waals surface area contributed by atoms with Crippen LogP contribution in [-0.2, 0) is 0 Å². The third-order valence-corrected chi connectivity index (χ3v) is 2.55. The minimum absolute atomic E-state index is 1.13. The Morgan fingerprint density at radius 2 is 1.26 bits per heavy atom. The summed E-state index contributed by atoms with van der Waals surface area (Å²) >= 11 is 0. The summed E-state index contributed by atoms with van der Waals surface area (Å²) in [6, 6.07) is 0. The molecule has 0 bridgehead atoms. The molecule has 0 aliphatic carbocycles. The van der Waals surface area contributed by atoms with Crippen molar-refractivity contribution < 1.29 is 0 Å². The minimum Gasteiger partial charge on any atom is -0.369 e. The van der Waals surface area contributed by atoms with Gasteiger partial charge in [-0.1, -0.05) is 39.8 Å². The Kier molecular flexibility index (Phi) is 20.6.